The Balaban J connectivity index is 1.85. The molecule has 0 aromatic heterocycles. The molecule has 0 amide bonds. The van der Waals surface area contributed by atoms with Crippen LogP contribution in [0.15, 0.2) is 4.99 Å². The van der Waals surface area contributed by atoms with Gasteiger partial charge < -0.3 is 10.6 Å². The van der Waals surface area contributed by atoms with Crippen molar-refractivity contribution < 1.29 is 0 Å². The predicted molar refractivity (Wildman–Crippen MR) is 63.0 cm³/mol. The normalized spacial score (nSPS) is 36.7. The first-order valence-corrected chi connectivity index (χ1v) is 6.68. The van der Waals surface area contributed by atoms with E-state index in [1.54, 1.807) is 0 Å². The van der Waals surface area contributed by atoms with E-state index in [4.69, 9.17) is 0 Å². The molecule has 0 saturated heterocycles. The first kappa shape index (κ1) is 10.1. The van der Waals surface area contributed by atoms with E-state index in [1.807, 2.05) is 11.8 Å². The molecule has 0 aromatic carbocycles. The number of hydrogen-bond acceptors (Lipinski definition) is 4. The van der Waals surface area contributed by atoms with Crippen LogP contribution in [-0.2, 0) is 0 Å². The fourth-order valence-corrected chi connectivity index (χ4v) is 3.12. The molecule has 1 saturated carbocycles. The highest BCUT2D eigenvalue weighted by molar-refractivity contribution is 7.99. The van der Waals surface area contributed by atoms with E-state index in [2.05, 4.69) is 28.8 Å². The fraction of sp³-hybridized carbons (Fsp3) is 0.900. The van der Waals surface area contributed by atoms with Gasteiger partial charge >= 0.3 is 0 Å². The van der Waals surface area contributed by atoms with Gasteiger partial charge in [0.05, 0.1) is 6.54 Å². The summed E-state index contributed by atoms with van der Waals surface area (Å²) in [5.41, 5.74) is 0. The molecule has 14 heavy (non-hydrogen) atoms. The highest BCUT2D eigenvalue weighted by Crippen LogP contribution is 2.28. The molecule has 3 nitrogen and oxygen atoms in total. The molecule has 2 aliphatic rings. The number of nitrogens with zero attached hydrogens (tertiary/aromatic N) is 1. The van der Waals surface area contributed by atoms with Crippen LogP contribution in [0.25, 0.3) is 0 Å². The average Bonchev–Trinajstić information content (AvgIpc) is 2.76. The van der Waals surface area contributed by atoms with Crippen molar-refractivity contribution in [3.05, 3.63) is 0 Å². The third kappa shape index (κ3) is 2.16. The Morgan fingerprint density at radius 2 is 2.36 bits per heavy atom. The number of nitrogens with one attached hydrogen (secondary N) is 2. The molecule has 1 fully saturated rings. The molecular weight excluding hydrogens is 194 g/mol. The van der Waals surface area contributed by atoms with Gasteiger partial charge in [-0.2, -0.15) is 11.8 Å². The average molecular weight is 213 g/mol. The van der Waals surface area contributed by atoms with E-state index in [9.17, 15) is 0 Å². The Hall–Kier alpha value is -0.380. The maximum atomic E-state index is 4.43. The number of guanidine groups is 1. The minimum Gasteiger partial charge on any atom is -0.353 e. The van der Waals surface area contributed by atoms with Gasteiger partial charge in [0.2, 0.25) is 0 Å². The molecule has 0 aromatic rings. The van der Waals surface area contributed by atoms with Crippen LogP contribution < -0.4 is 10.6 Å². The van der Waals surface area contributed by atoms with Crippen molar-refractivity contribution in [1.29, 1.82) is 0 Å². The van der Waals surface area contributed by atoms with Gasteiger partial charge in [-0.3, -0.25) is 4.99 Å². The van der Waals surface area contributed by atoms with E-state index in [1.165, 1.54) is 19.3 Å². The largest absolute Gasteiger partial charge is 0.353 e. The van der Waals surface area contributed by atoms with E-state index < -0.39 is 0 Å². The van der Waals surface area contributed by atoms with Crippen molar-refractivity contribution in [3.63, 3.8) is 0 Å². The van der Waals surface area contributed by atoms with E-state index in [-0.39, 0.29) is 0 Å². The maximum Gasteiger partial charge on any atom is 0.191 e. The third-order valence-electron chi connectivity index (χ3n) is 2.98. The van der Waals surface area contributed by atoms with Crippen molar-refractivity contribution in [3.8, 4) is 0 Å². The summed E-state index contributed by atoms with van der Waals surface area (Å²) in [5.74, 6) is 1.02. The fourth-order valence-electron chi connectivity index (χ4n) is 2.19. The van der Waals surface area contributed by atoms with Gasteiger partial charge in [0.1, 0.15) is 0 Å². The summed E-state index contributed by atoms with van der Waals surface area (Å²) in [6.07, 6.45) is 6.20. The van der Waals surface area contributed by atoms with Crippen LogP contribution in [0.4, 0.5) is 0 Å². The Labute approximate surface area is 90.1 Å². The molecule has 3 unspecified atom stereocenters. The zero-order valence-electron chi connectivity index (χ0n) is 8.92. The Bertz CT molecular complexity index is 229. The molecule has 1 heterocycles. The van der Waals surface area contributed by atoms with Gasteiger partial charge in [-0.15, -0.1) is 0 Å². The number of hydrogen-bond donors (Lipinski definition) is 2. The van der Waals surface area contributed by atoms with Crippen molar-refractivity contribution in [2.75, 3.05) is 12.8 Å². The van der Waals surface area contributed by atoms with Crippen LogP contribution in [0.2, 0.25) is 0 Å². The molecule has 0 bridgehead atoms. The quantitative estimate of drug-likeness (QED) is 0.724. The molecule has 0 spiro atoms. The van der Waals surface area contributed by atoms with Gasteiger partial charge in [0, 0.05) is 17.3 Å². The van der Waals surface area contributed by atoms with E-state index in [0.29, 0.717) is 12.1 Å². The minimum absolute atomic E-state index is 0.506. The van der Waals surface area contributed by atoms with Crippen molar-refractivity contribution in [2.45, 2.75) is 43.5 Å². The van der Waals surface area contributed by atoms with Crippen LogP contribution in [0.3, 0.4) is 0 Å². The number of aliphatic imine (C=N–C) groups is 1. The van der Waals surface area contributed by atoms with Gasteiger partial charge in [0.25, 0.3) is 0 Å². The lowest BCUT2D eigenvalue weighted by Crippen LogP contribution is -2.45. The first-order chi connectivity index (χ1) is 6.79. The molecule has 1 aliphatic carbocycles. The molecule has 0 radical (unpaired) electrons. The third-order valence-corrected chi connectivity index (χ3v) is 4.15. The van der Waals surface area contributed by atoms with Gasteiger partial charge in [-0.05, 0) is 26.0 Å². The predicted octanol–water partition coefficient (Wildman–Crippen LogP) is 1.21. The van der Waals surface area contributed by atoms with Crippen LogP contribution in [0.5, 0.6) is 0 Å². The van der Waals surface area contributed by atoms with Crippen molar-refractivity contribution >= 4 is 17.7 Å². The van der Waals surface area contributed by atoms with E-state index in [0.717, 1.165) is 17.8 Å². The van der Waals surface area contributed by atoms with Crippen molar-refractivity contribution in [1.82, 2.24) is 10.6 Å². The molecule has 4 heteroatoms. The molecular formula is C10H19N3S. The summed E-state index contributed by atoms with van der Waals surface area (Å²) >= 11 is 1.98. The molecule has 3 atom stereocenters. The van der Waals surface area contributed by atoms with Crippen LogP contribution >= 0.6 is 11.8 Å². The number of rotatable bonds is 2. The second-order valence-corrected chi connectivity index (χ2v) is 5.27. The van der Waals surface area contributed by atoms with Crippen LogP contribution in [-0.4, -0.2) is 36.1 Å². The lowest BCUT2D eigenvalue weighted by molar-refractivity contribution is 0.623. The van der Waals surface area contributed by atoms with Crippen LogP contribution in [0, 0.1) is 0 Å². The Morgan fingerprint density at radius 1 is 1.50 bits per heavy atom. The summed E-state index contributed by atoms with van der Waals surface area (Å²) in [6, 6.07) is 1.13. The van der Waals surface area contributed by atoms with Crippen LogP contribution in [0.1, 0.15) is 26.2 Å². The van der Waals surface area contributed by atoms with Gasteiger partial charge in [-0.25, -0.2) is 0 Å². The topological polar surface area (TPSA) is 36.4 Å². The highest BCUT2D eigenvalue weighted by atomic mass is 32.2. The minimum atomic E-state index is 0.506. The zero-order valence-corrected chi connectivity index (χ0v) is 9.73. The van der Waals surface area contributed by atoms with Gasteiger partial charge in [0.15, 0.2) is 5.96 Å². The molecule has 2 N–H and O–H groups in total. The van der Waals surface area contributed by atoms with Crippen molar-refractivity contribution in [2.24, 2.45) is 4.99 Å². The maximum absolute atomic E-state index is 4.43. The zero-order chi connectivity index (χ0) is 9.97. The lowest BCUT2D eigenvalue weighted by Gasteiger charge is -2.20. The lowest BCUT2D eigenvalue weighted by atomic mass is 10.2. The summed E-state index contributed by atoms with van der Waals surface area (Å²) in [4.78, 5) is 4.43. The second kappa shape index (κ2) is 4.43. The SMILES string of the molecule is CSC1CCCC1NC1=NCC(C)N1. The second-order valence-electron chi connectivity index (χ2n) is 4.19. The molecule has 1 aliphatic heterocycles. The monoisotopic (exact) mass is 213 g/mol. The standard InChI is InChI=1S/C10H19N3S/c1-7-6-11-10(12-7)13-8-4-3-5-9(8)14-2/h7-9H,3-6H2,1-2H3,(H2,11,12,13). The van der Waals surface area contributed by atoms with Gasteiger partial charge in [-0.1, -0.05) is 6.42 Å². The first-order valence-electron chi connectivity index (χ1n) is 5.40. The van der Waals surface area contributed by atoms with E-state index >= 15 is 0 Å². The Kier molecular flexibility index (Phi) is 3.21. The molecule has 2 rings (SSSR count). The summed E-state index contributed by atoms with van der Waals surface area (Å²) in [5, 5.41) is 7.66. The highest BCUT2D eigenvalue weighted by Gasteiger charge is 2.28. The smallest absolute Gasteiger partial charge is 0.191 e. The Morgan fingerprint density at radius 3 is 3.00 bits per heavy atom. The summed E-state index contributed by atoms with van der Waals surface area (Å²) in [7, 11) is 0. The summed E-state index contributed by atoms with van der Waals surface area (Å²) in [6.45, 7) is 3.08. The molecule has 80 valence electrons. The number of thioether (sulfide) groups is 1. The summed E-state index contributed by atoms with van der Waals surface area (Å²) < 4.78 is 0.